The first-order valence-electron chi connectivity index (χ1n) is 7.49. The van der Waals surface area contributed by atoms with Gasteiger partial charge in [-0.1, -0.05) is 0 Å². The average Bonchev–Trinajstić information content (AvgIpc) is 2.81. The summed E-state index contributed by atoms with van der Waals surface area (Å²) in [4.78, 5) is 20.0. The lowest BCUT2D eigenvalue weighted by Crippen LogP contribution is -2.42. The molecule has 0 bridgehead atoms. The van der Waals surface area contributed by atoms with Crippen LogP contribution >= 0.6 is 11.3 Å². The van der Waals surface area contributed by atoms with Crippen molar-refractivity contribution >= 4 is 16.3 Å². The number of likely N-dealkylation sites (tertiary alicyclic amines) is 1. The lowest BCUT2D eigenvalue weighted by molar-refractivity contribution is 0.153. The highest BCUT2D eigenvalue weighted by molar-refractivity contribution is 7.15. The van der Waals surface area contributed by atoms with Gasteiger partial charge in [0.2, 0.25) is 0 Å². The zero-order valence-corrected chi connectivity index (χ0v) is 13.4. The van der Waals surface area contributed by atoms with Crippen molar-refractivity contribution in [3.05, 3.63) is 33.2 Å². The fourth-order valence-corrected chi connectivity index (χ4v) is 3.97. The highest BCUT2D eigenvalue weighted by Crippen LogP contribution is 2.20. The van der Waals surface area contributed by atoms with E-state index < -0.39 is 0 Å². The van der Waals surface area contributed by atoms with E-state index in [1.54, 1.807) is 10.5 Å². The SMILES string of the molecule is Cc1csc2nc(CN3CCCC(C(C)N)C3)cc(=O)n12. The van der Waals surface area contributed by atoms with Gasteiger partial charge in [0, 0.05) is 36.3 Å². The third kappa shape index (κ3) is 3.02. The molecule has 2 unspecified atom stereocenters. The minimum Gasteiger partial charge on any atom is -0.328 e. The summed E-state index contributed by atoms with van der Waals surface area (Å²) >= 11 is 1.52. The van der Waals surface area contributed by atoms with Crippen LogP contribution in [0.3, 0.4) is 0 Å². The second kappa shape index (κ2) is 5.87. The number of nitrogens with zero attached hydrogens (tertiary/aromatic N) is 3. The van der Waals surface area contributed by atoms with Crippen LogP contribution in [0.2, 0.25) is 0 Å². The molecule has 3 heterocycles. The Bertz CT molecular complexity index is 691. The minimum absolute atomic E-state index is 0.0227. The van der Waals surface area contributed by atoms with Gasteiger partial charge in [0.1, 0.15) is 0 Å². The first kappa shape index (κ1) is 14.7. The third-order valence-corrected chi connectivity index (χ3v) is 5.24. The molecule has 1 aliphatic rings. The van der Waals surface area contributed by atoms with E-state index in [1.807, 2.05) is 12.3 Å². The third-order valence-electron chi connectivity index (χ3n) is 4.30. The predicted molar refractivity (Wildman–Crippen MR) is 85.7 cm³/mol. The van der Waals surface area contributed by atoms with E-state index in [9.17, 15) is 4.79 Å². The molecule has 1 aliphatic heterocycles. The number of piperidine rings is 1. The summed E-state index contributed by atoms with van der Waals surface area (Å²) in [5.41, 5.74) is 7.87. The van der Waals surface area contributed by atoms with Gasteiger partial charge >= 0.3 is 0 Å². The van der Waals surface area contributed by atoms with Crippen LogP contribution in [-0.2, 0) is 6.54 Å². The van der Waals surface area contributed by atoms with Crippen molar-refractivity contribution in [2.75, 3.05) is 13.1 Å². The molecule has 0 amide bonds. The van der Waals surface area contributed by atoms with Gasteiger partial charge in [-0.3, -0.25) is 14.1 Å². The maximum Gasteiger partial charge on any atom is 0.259 e. The van der Waals surface area contributed by atoms with Gasteiger partial charge in [-0.05, 0) is 39.2 Å². The molecule has 0 aromatic carbocycles. The van der Waals surface area contributed by atoms with Crippen molar-refractivity contribution in [2.45, 2.75) is 39.3 Å². The van der Waals surface area contributed by atoms with E-state index in [0.29, 0.717) is 5.92 Å². The first-order chi connectivity index (χ1) is 10.0. The maximum atomic E-state index is 12.2. The Hall–Kier alpha value is -1.24. The fraction of sp³-hybridized carbons (Fsp3) is 0.600. The van der Waals surface area contributed by atoms with Crippen LogP contribution in [0.1, 0.15) is 31.2 Å². The molecular formula is C15H22N4OS. The van der Waals surface area contributed by atoms with Gasteiger partial charge in [0.15, 0.2) is 4.96 Å². The van der Waals surface area contributed by atoms with E-state index in [2.05, 4.69) is 16.8 Å². The lowest BCUT2D eigenvalue weighted by atomic mass is 9.92. The molecule has 0 radical (unpaired) electrons. The number of aryl methyl sites for hydroxylation is 1. The van der Waals surface area contributed by atoms with Crippen LogP contribution in [0.25, 0.3) is 4.96 Å². The van der Waals surface area contributed by atoms with E-state index in [-0.39, 0.29) is 11.6 Å². The summed E-state index contributed by atoms with van der Waals surface area (Å²) in [6.07, 6.45) is 2.37. The summed E-state index contributed by atoms with van der Waals surface area (Å²) in [5, 5.41) is 1.97. The summed E-state index contributed by atoms with van der Waals surface area (Å²) in [6, 6.07) is 1.90. The average molecular weight is 306 g/mol. The molecule has 2 aromatic rings. The summed E-state index contributed by atoms with van der Waals surface area (Å²) in [5.74, 6) is 0.549. The Labute approximate surface area is 128 Å². The molecule has 114 valence electrons. The zero-order valence-electron chi connectivity index (χ0n) is 12.6. The van der Waals surface area contributed by atoms with Gasteiger partial charge in [-0.25, -0.2) is 4.98 Å². The molecule has 2 N–H and O–H groups in total. The minimum atomic E-state index is 0.0227. The second-order valence-corrected chi connectivity index (χ2v) is 6.91. The van der Waals surface area contributed by atoms with Crippen molar-refractivity contribution in [3.63, 3.8) is 0 Å². The topological polar surface area (TPSA) is 63.6 Å². The van der Waals surface area contributed by atoms with Gasteiger partial charge in [-0.2, -0.15) is 0 Å². The summed E-state index contributed by atoms with van der Waals surface area (Å²) in [6.45, 7) is 6.82. The maximum absolute atomic E-state index is 12.2. The molecule has 21 heavy (non-hydrogen) atoms. The van der Waals surface area contributed by atoms with Crippen molar-refractivity contribution in [2.24, 2.45) is 11.7 Å². The number of hydrogen-bond donors (Lipinski definition) is 1. The Morgan fingerprint density at radius 2 is 2.38 bits per heavy atom. The summed E-state index contributed by atoms with van der Waals surface area (Å²) < 4.78 is 1.68. The van der Waals surface area contributed by atoms with E-state index in [1.165, 1.54) is 24.2 Å². The van der Waals surface area contributed by atoms with Crippen LogP contribution in [0.5, 0.6) is 0 Å². The molecular weight excluding hydrogens is 284 g/mol. The lowest BCUT2D eigenvalue weighted by Gasteiger charge is -2.34. The highest BCUT2D eigenvalue weighted by Gasteiger charge is 2.23. The molecule has 5 nitrogen and oxygen atoms in total. The van der Waals surface area contributed by atoms with Crippen LogP contribution < -0.4 is 11.3 Å². The molecule has 2 aromatic heterocycles. The van der Waals surface area contributed by atoms with E-state index in [0.717, 1.165) is 36.0 Å². The number of hydrogen-bond acceptors (Lipinski definition) is 5. The molecule has 0 aliphatic carbocycles. The molecule has 1 saturated heterocycles. The van der Waals surface area contributed by atoms with E-state index in [4.69, 9.17) is 5.73 Å². The second-order valence-electron chi connectivity index (χ2n) is 6.08. The molecule has 2 atom stereocenters. The normalized spacial score (nSPS) is 21.8. The monoisotopic (exact) mass is 306 g/mol. The number of fused-ring (bicyclic) bond motifs is 1. The van der Waals surface area contributed by atoms with E-state index >= 15 is 0 Å². The van der Waals surface area contributed by atoms with Gasteiger partial charge in [0.25, 0.3) is 5.56 Å². The molecule has 0 spiro atoms. The molecule has 6 heteroatoms. The van der Waals surface area contributed by atoms with Crippen LogP contribution in [0.4, 0.5) is 0 Å². The fourth-order valence-electron chi connectivity index (χ4n) is 3.08. The standard InChI is InChI=1S/C15H22N4OS/c1-10-9-21-15-17-13(6-14(20)19(10)15)8-18-5-3-4-12(7-18)11(2)16/h6,9,11-12H,3-5,7-8,16H2,1-2H3. The molecule has 3 rings (SSSR count). The van der Waals surface area contributed by atoms with Gasteiger partial charge in [-0.15, -0.1) is 11.3 Å². The van der Waals surface area contributed by atoms with Crippen molar-refractivity contribution in [3.8, 4) is 0 Å². The van der Waals surface area contributed by atoms with Gasteiger partial charge in [0.05, 0.1) is 5.69 Å². The van der Waals surface area contributed by atoms with Crippen LogP contribution in [0.15, 0.2) is 16.2 Å². The van der Waals surface area contributed by atoms with Crippen LogP contribution in [-0.4, -0.2) is 33.4 Å². The highest BCUT2D eigenvalue weighted by atomic mass is 32.1. The quantitative estimate of drug-likeness (QED) is 0.936. The molecule has 1 fully saturated rings. The Morgan fingerprint density at radius 3 is 3.14 bits per heavy atom. The molecule has 0 saturated carbocycles. The van der Waals surface area contributed by atoms with Gasteiger partial charge < -0.3 is 5.73 Å². The number of rotatable bonds is 3. The van der Waals surface area contributed by atoms with Crippen LogP contribution in [0, 0.1) is 12.8 Å². The number of thiazole rings is 1. The Kier molecular flexibility index (Phi) is 4.10. The number of aromatic nitrogens is 2. The van der Waals surface area contributed by atoms with Crippen molar-refractivity contribution in [1.82, 2.24) is 14.3 Å². The van der Waals surface area contributed by atoms with Crippen molar-refractivity contribution < 1.29 is 0 Å². The Morgan fingerprint density at radius 1 is 1.57 bits per heavy atom. The first-order valence-corrected chi connectivity index (χ1v) is 8.37. The summed E-state index contributed by atoms with van der Waals surface area (Å²) in [7, 11) is 0. The smallest absolute Gasteiger partial charge is 0.259 e. The number of nitrogens with two attached hydrogens (primary N) is 1. The zero-order chi connectivity index (χ0) is 15.0. The Balaban J connectivity index is 1.80. The van der Waals surface area contributed by atoms with Crippen molar-refractivity contribution in [1.29, 1.82) is 0 Å². The largest absolute Gasteiger partial charge is 0.328 e. The predicted octanol–water partition coefficient (Wildman–Crippen LogP) is 1.62.